The molecule has 0 saturated heterocycles. The molecule has 0 amide bonds. The summed E-state index contributed by atoms with van der Waals surface area (Å²) in [4.78, 5) is 0. The van der Waals surface area contributed by atoms with E-state index in [2.05, 4.69) is 11.7 Å². The Morgan fingerprint density at radius 3 is 1.98 bits per heavy atom. The summed E-state index contributed by atoms with van der Waals surface area (Å²) >= 11 is 0. The van der Waals surface area contributed by atoms with E-state index in [1.165, 1.54) is 0 Å². The average molecular weight is 589 g/mol. The number of hydrogen-bond acceptors (Lipinski definition) is 2. The van der Waals surface area contributed by atoms with Gasteiger partial charge in [-0.15, -0.1) is 0 Å². The fraction of sp³-hybridized carbons (Fsp3) is 0.400. The molecule has 1 aliphatic heterocycles. The molecule has 41 heavy (non-hydrogen) atoms. The molecule has 1 unspecified atom stereocenters. The number of rotatable bonds is 6. The van der Waals surface area contributed by atoms with Gasteiger partial charge in [0.1, 0.15) is 28.8 Å². The van der Waals surface area contributed by atoms with Crippen LogP contribution in [0, 0.1) is 58.5 Å². The summed E-state index contributed by atoms with van der Waals surface area (Å²) in [6.07, 6.45) is 4.47. The van der Waals surface area contributed by atoms with Gasteiger partial charge in [0.25, 0.3) is 0 Å². The van der Waals surface area contributed by atoms with Gasteiger partial charge in [0.2, 0.25) is 0 Å². The number of alkyl halides is 2. The Morgan fingerprint density at radius 1 is 0.780 bits per heavy atom. The van der Waals surface area contributed by atoms with Crippen LogP contribution in [-0.2, 0) is 12.3 Å². The minimum Gasteiger partial charge on any atom is -0.490 e. The molecule has 1 fully saturated rings. The summed E-state index contributed by atoms with van der Waals surface area (Å²) in [6, 6.07) is 2.10. The predicted octanol–water partition coefficient (Wildman–Crippen LogP) is 8.88. The summed E-state index contributed by atoms with van der Waals surface area (Å²) in [5, 5.41) is 0. The van der Waals surface area contributed by atoms with E-state index < -0.39 is 75.7 Å². The number of halogens is 9. The lowest BCUT2D eigenvalue weighted by Gasteiger charge is -2.35. The van der Waals surface area contributed by atoms with Crippen molar-refractivity contribution in [3.8, 4) is 22.6 Å². The zero-order valence-corrected chi connectivity index (χ0v) is 21.8. The molecular weight excluding hydrogens is 563 g/mol. The average Bonchev–Trinajstić information content (AvgIpc) is 2.91. The van der Waals surface area contributed by atoms with Gasteiger partial charge in [0.05, 0.1) is 12.2 Å². The third-order valence-corrected chi connectivity index (χ3v) is 8.01. The van der Waals surface area contributed by atoms with Gasteiger partial charge in [-0.2, -0.15) is 4.39 Å². The fourth-order valence-electron chi connectivity index (χ4n) is 5.81. The van der Waals surface area contributed by atoms with Crippen LogP contribution in [0.3, 0.4) is 0 Å². The molecule has 3 aromatic rings. The molecule has 0 aromatic heterocycles. The third kappa shape index (κ3) is 5.47. The van der Waals surface area contributed by atoms with Crippen LogP contribution in [0.2, 0.25) is 0 Å². The molecule has 3 aromatic carbocycles. The minimum absolute atomic E-state index is 0.0651. The normalized spacial score (nSPS) is 22.0. The smallest absolute Gasteiger partial charge is 0.307 e. The van der Waals surface area contributed by atoms with Gasteiger partial charge in [-0.05, 0) is 60.8 Å². The van der Waals surface area contributed by atoms with Crippen molar-refractivity contribution in [2.75, 3.05) is 13.3 Å². The Bertz CT molecular complexity index is 1420. The molecule has 1 heterocycles. The maximum atomic E-state index is 15.5. The second-order valence-electron chi connectivity index (χ2n) is 10.8. The van der Waals surface area contributed by atoms with Crippen LogP contribution in [0.15, 0.2) is 30.3 Å². The standard InChI is InChI=1S/C30H25F9O2/c1-14-2-4-15(5-3-14)18-6-17-9-20(32)25(28(38)29(17)40-12-18)16-7-21(33)26(22(34)8-16)30(39,13-31)41-19-10-23(35)27(37)24(36)11-19/h7-11,14-15,18H,2-6,12-13H2,1H3/t14?,15?,18-,30?/m0/s1. The van der Waals surface area contributed by atoms with Crippen LogP contribution in [0.1, 0.15) is 43.7 Å². The summed E-state index contributed by atoms with van der Waals surface area (Å²) in [5.41, 5.74) is -2.89. The molecule has 1 saturated carbocycles. The Balaban J connectivity index is 1.46. The maximum Gasteiger partial charge on any atom is 0.307 e. The summed E-state index contributed by atoms with van der Waals surface area (Å²) in [6.45, 7) is 0.134. The van der Waals surface area contributed by atoms with E-state index in [-0.39, 0.29) is 36.0 Å². The monoisotopic (exact) mass is 588 g/mol. The van der Waals surface area contributed by atoms with Gasteiger partial charge >= 0.3 is 5.85 Å². The first-order valence-electron chi connectivity index (χ1n) is 13.1. The minimum atomic E-state index is -3.97. The number of ether oxygens (including phenoxy) is 2. The van der Waals surface area contributed by atoms with E-state index in [4.69, 9.17) is 4.74 Å². The van der Waals surface area contributed by atoms with Crippen molar-refractivity contribution in [1.29, 1.82) is 0 Å². The third-order valence-electron chi connectivity index (χ3n) is 8.01. The molecule has 0 radical (unpaired) electrons. The number of fused-ring (bicyclic) bond motifs is 1. The van der Waals surface area contributed by atoms with Crippen molar-refractivity contribution in [2.24, 2.45) is 17.8 Å². The quantitative estimate of drug-likeness (QED) is 0.212. The Hall–Kier alpha value is -3.37. The molecule has 5 rings (SSSR count). The molecule has 1 aliphatic carbocycles. The molecule has 11 heteroatoms. The number of benzene rings is 3. The van der Waals surface area contributed by atoms with Gasteiger partial charge in [-0.25, -0.2) is 35.1 Å². The second-order valence-corrected chi connectivity index (χ2v) is 10.8. The SMILES string of the molecule is CC1CCC([C@@H]2COc3c(cc(F)c(-c4cc(F)c(C(F)(CF)Oc5cc(F)c(F)c(F)c5)c(F)c4)c3F)C2)CC1. The van der Waals surface area contributed by atoms with Crippen LogP contribution in [0.25, 0.3) is 11.1 Å². The molecule has 0 bridgehead atoms. The first-order chi connectivity index (χ1) is 19.4. The van der Waals surface area contributed by atoms with Gasteiger partial charge < -0.3 is 9.47 Å². The number of hydrogen-bond donors (Lipinski definition) is 0. The lowest BCUT2D eigenvalue weighted by Crippen LogP contribution is -2.33. The predicted molar refractivity (Wildman–Crippen MR) is 131 cm³/mol. The molecular formula is C30H25F9O2. The van der Waals surface area contributed by atoms with Gasteiger partial charge in [-0.1, -0.05) is 19.8 Å². The van der Waals surface area contributed by atoms with Crippen molar-refractivity contribution in [1.82, 2.24) is 0 Å². The highest BCUT2D eigenvalue weighted by Gasteiger charge is 2.42. The zero-order valence-electron chi connectivity index (χ0n) is 21.8. The molecule has 2 nitrogen and oxygen atoms in total. The molecule has 2 aliphatic rings. The lowest BCUT2D eigenvalue weighted by molar-refractivity contribution is -0.0918. The highest BCUT2D eigenvalue weighted by Crippen LogP contribution is 2.44. The van der Waals surface area contributed by atoms with Gasteiger partial charge in [0, 0.05) is 17.7 Å². The molecule has 0 spiro atoms. The largest absolute Gasteiger partial charge is 0.490 e. The first-order valence-corrected chi connectivity index (χ1v) is 13.1. The van der Waals surface area contributed by atoms with Crippen molar-refractivity contribution in [2.45, 2.75) is 44.9 Å². The van der Waals surface area contributed by atoms with Crippen LogP contribution in [0.4, 0.5) is 39.5 Å². The van der Waals surface area contributed by atoms with E-state index in [0.29, 0.717) is 30.4 Å². The van der Waals surface area contributed by atoms with Gasteiger partial charge in [0.15, 0.2) is 35.7 Å². The van der Waals surface area contributed by atoms with E-state index in [1.807, 2.05) is 0 Å². The highest BCUT2D eigenvalue weighted by atomic mass is 19.2. The van der Waals surface area contributed by atoms with Crippen LogP contribution < -0.4 is 9.47 Å². The Labute approximate surface area is 230 Å². The topological polar surface area (TPSA) is 18.5 Å². The van der Waals surface area contributed by atoms with Crippen molar-refractivity contribution in [3.05, 3.63) is 82.2 Å². The van der Waals surface area contributed by atoms with Crippen LogP contribution in [-0.4, -0.2) is 13.3 Å². The fourth-order valence-corrected chi connectivity index (χ4v) is 5.81. The lowest BCUT2D eigenvalue weighted by atomic mass is 9.74. The second kappa shape index (κ2) is 11.1. The first kappa shape index (κ1) is 29.1. The summed E-state index contributed by atoms with van der Waals surface area (Å²) < 4.78 is 140. The van der Waals surface area contributed by atoms with E-state index in [1.54, 1.807) is 0 Å². The molecule has 220 valence electrons. The summed E-state index contributed by atoms with van der Waals surface area (Å²) in [5.74, 6) is -15.8. The van der Waals surface area contributed by atoms with Crippen molar-refractivity contribution < 1.29 is 49.0 Å². The Morgan fingerprint density at radius 2 is 1.39 bits per heavy atom. The molecule has 2 atom stereocenters. The van der Waals surface area contributed by atoms with Crippen LogP contribution >= 0.6 is 0 Å². The Kier molecular flexibility index (Phi) is 7.91. The van der Waals surface area contributed by atoms with E-state index in [9.17, 15) is 17.6 Å². The molecule has 0 N–H and O–H groups in total. The maximum absolute atomic E-state index is 15.5. The van der Waals surface area contributed by atoms with E-state index in [0.717, 1.165) is 31.7 Å². The van der Waals surface area contributed by atoms with E-state index >= 15 is 22.0 Å². The van der Waals surface area contributed by atoms with Crippen LogP contribution in [0.5, 0.6) is 11.5 Å². The van der Waals surface area contributed by atoms with Crippen molar-refractivity contribution >= 4 is 0 Å². The summed E-state index contributed by atoms with van der Waals surface area (Å²) in [7, 11) is 0. The van der Waals surface area contributed by atoms with Gasteiger partial charge in [-0.3, -0.25) is 0 Å². The highest BCUT2D eigenvalue weighted by molar-refractivity contribution is 5.69. The zero-order chi connectivity index (χ0) is 29.6. The van der Waals surface area contributed by atoms with Crippen molar-refractivity contribution in [3.63, 3.8) is 0 Å².